The summed E-state index contributed by atoms with van der Waals surface area (Å²) in [6.45, 7) is 6.95. The number of benzene rings is 1. The molecule has 30 heavy (non-hydrogen) atoms. The Bertz CT molecular complexity index is 1020. The molecule has 5 rings (SSSR count). The highest BCUT2D eigenvalue weighted by Crippen LogP contribution is 2.38. The van der Waals surface area contributed by atoms with Crippen molar-refractivity contribution in [3.63, 3.8) is 0 Å². The number of H-pyrrole nitrogens is 1. The molecule has 1 aromatic carbocycles. The van der Waals surface area contributed by atoms with Gasteiger partial charge in [-0.25, -0.2) is 4.98 Å². The summed E-state index contributed by atoms with van der Waals surface area (Å²) in [6, 6.07) is 8.94. The molecule has 2 fully saturated rings. The Morgan fingerprint density at radius 1 is 1.30 bits per heavy atom. The van der Waals surface area contributed by atoms with Crippen molar-refractivity contribution in [3.8, 4) is 0 Å². The third-order valence-corrected chi connectivity index (χ3v) is 8.34. The normalized spacial score (nSPS) is 26.5. The van der Waals surface area contributed by atoms with Gasteiger partial charge in [-0.15, -0.1) is 0 Å². The van der Waals surface area contributed by atoms with E-state index in [0.717, 1.165) is 49.0 Å². The van der Waals surface area contributed by atoms with Gasteiger partial charge in [-0.1, -0.05) is 42.5 Å². The first-order valence-corrected chi connectivity index (χ1v) is 12.3. The molecule has 1 saturated carbocycles. The molecular weight excluding hydrogens is 392 g/mol. The largest absolute Gasteiger partial charge is 0.297 e. The summed E-state index contributed by atoms with van der Waals surface area (Å²) < 4.78 is 12.1. The number of aromatic nitrogens is 3. The Morgan fingerprint density at radius 3 is 2.90 bits per heavy atom. The minimum atomic E-state index is -0.724. The predicted octanol–water partition coefficient (Wildman–Crippen LogP) is 4.15. The van der Waals surface area contributed by atoms with E-state index in [1.165, 1.54) is 24.0 Å². The Labute approximate surface area is 181 Å². The molecule has 0 spiro atoms. The zero-order chi connectivity index (χ0) is 20.7. The highest BCUT2D eigenvalue weighted by Gasteiger charge is 2.33. The summed E-state index contributed by atoms with van der Waals surface area (Å²) in [7, 11) is -0.724. The molecule has 1 N–H and O–H groups in total. The van der Waals surface area contributed by atoms with Gasteiger partial charge in [0.15, 0.2) is 5.82 Å². The van der Waals surface area contributed by atoms with Gasteiger partial charge in [-0.05, 0) is 44.2 Å². The zero-order valence-corrected chi connectivity index (χ0v) is 18.6. The summed E-state index contributed by atoms with van der Waals surface area (Å²) in [5, 5.41) is 7.52. The lowest BCUT2D eigenvalue weighted by Gasteiger charge is -2.37. The molecule has 2 unspecified atom stereocenters. The van der Waals surface area contributed by atoms with Gasteiger partial charge < -0.3 is 0 Å². The van der Waals surface area contributed by atoms with E-state index in [4.69, 9.17) is 0 Å². The summed E-state index contributed by atoms with van der Waals surface area (Å²) in [5.41, 5.74) is 3.81. The lowest BCUT2D eigenvalue weighted by atomic mass is 9.89. The first kappa shape index (κ1) is 19.9. The fraction of sp³-hybridized carbons (Fsp3) is 0.500. The van der Waals surface area contributed by atoms with Crippen LogP contribution in [-0.2, 0) is 17.3 Å². The molecule has 2 heterocycles. The molecule has 158 valence electrons. The third-order valence-electron chi connectivity index (χ3n) is 6.42. The van der Waals surface area contributed by atoms with Crippen LogP contribution in [0, 0.1) is 0 Å². The number of rotatable bonds is 5. The van der Waals surface area contributed by atoms with Gasteiger partial charge in [0.05, 0.1) is 4.75 Å². The number of allylic oxidation sites excluding steroid dienone is 4. The molecule has 2 atom stereocenters. The van der Waals surface area contributed by atoms with E-state index in [1.54, 1.807) is 0 Å². The molecule has 6 heteroatoms. The van der Waals surface area contributed by atoms with Crippen molar-refractivity contribution < 1.29 is 4.21 Å². The SMILES string of the molecule is CC1(C)CN(Cc2cccc(C3C=CC(c4n[nH]c(C5CC5)n4)=CC3)c2)CCS1=O. The van der Waals surface area contributed by atoms with Crippen molar-refractivity contribution in [3.05, 3.63) is 65.3 Å². The number of aromatic amines is 1. The average molecular weight is 423 g/mol. The van der Waals surface area contributed by atoms with Gasteiger partial charge in [0.25, 0.3) is 0 Å². The lowest BCUT2D eigenvalue weighted by Crippen LogP contribution is -2.49. The van der Waals surface area contributed by atoms with Crippen molar-refractivity contribution in [1.29, 1.82) is 0 Å². The maximum Gasteiger partial charge on any atom is 0.180 e. The molecule has 0 radical (unpaired) electrons. The number of hydrogen-bond donors (Lipinski definition) is 1. The molecule has 2 aromatic rings. The lowest BCUT2D eigenvalue weighted by molar-refractivity contribution is 0.247. The van der Waals surface area contributed by atoms with Gasteiger partial charge in [0.2, 0.25) is 0 Å². The molecule has 0 amide bonds. The van der Waals surface area contributed by atoms with E-state index in [1.807, 2.05) is 0 Å². The maximum absolute atomic E-state index is 12.2. The fourth-order valence-electron chi connectivity index (χ4n) is 4.47. The van der Waals surface area contributed by atoms with E-state index in [-0.39, 0.29) is 4.75 Å². The highest BCUT2D eigenvalue weighted by atomic mass is 32.2. The molecule has 2 aliphatic carbocycles. The third kappa shape index (κ3) is 4.21. The molecule has 5 nitrogen and oxygen atoms in total. The summed E-state index contributed by atoms with van der Waals surface area (Å²) >= 11 is 0. The Morgan fingerprint density at radius 2 is 2.17 bits per heavy atom. The van der Waals surface area contributed by atoms with Crippen LogP contribution in [0.25, 0.3) is 5.57 Å². The highest BCUT2D eigenvalue weighted by molar-refractivity contribution is 7.86. The van der Waals surface area contributed by atoms with E-state index < -0.39 is 10.8 Å². The van der Waals surface area contributed by atoms with Crippen LogP contribution in [-0.4, -0.2) is 47.9 Å². The van der Waals surface area contributed by atoms with Crippen LogP contribution in [0.5, 0.6) is 0 Å². The van der Waals surface area contributed by atoms with Crippen molar-refractivity contribution in [2.45, 2.75) is 56.2 Å². The molecule has 0 bridgehead atoms. The maximum atomic E-state index is 12.2. The molecule has 1 saturated heterocycles. The average Bonchev–Trinajstić information content (AvgIpc) is 3.48. The van der Waals surface area contributed by atoms with Crippen molar-refractivity contribution >= 4 is 16.4 Å². The molecular formula is C24H30N4OS. The number of hydrogen-bond acceptors (Lipinski definition) is 4. The molecule has 3 aliphatic rings. The van der Waals surface area contributed by atoms with Gasteiger partial charge in [-0.2, -0.15) is 5.10 Å². The van der Waals surface area contributed by atoms with Crippen LogP contribution in [0.1, 0.15) is 67.7 Å². The topological polar surface area (TPSA) is 61.9 Å². The Kier molecular flexibility index (Phi) is 5.23. The molecule has 1 aliphatic heterocycles. The summed E-state index contributed by atoms with van der Waals surface area (Å²) in [5.74, 6) is 3.63. The number of nitrogens with one attached hydrogen (secondary N) is 1. The first-order chi connectivity index (χ1) is 14.5. The van der Waals surface area contributed by atoms with E-state index in [2.05, 4.69) is 76.4 Å². The van der Waals surface area contributed by atoms with Crippen LogP contribution >= 0.6 is 0 Å². The second-order valence-electron chi connectivity index (χ2n) is 9.44. The van der Waals surface area contributed by atoms with Gasteiger partial charge >= 0.3 is 0 Å². The quantitative estimate of drug-likeness (QED) is 0.786. The number of nitrogens with zero attached hydrogens (tertiary/aromatic N) is 3. The van der Waals surface area contributed by atoms with Crippen LogP contribution in [0.3, 0.4) is 0 Å². The fourth-order valence-corrected chi connectivity index (χ4v) is 5.77. The standard InChI is InChI=1S/C24H30N4OS/c1-24(2)16-28(12-13-30(24)29)15-17-4-3-5-21(14-17)18-6-8-19(9-7-18)22-25-23(27-26-22)20-10-11-20/h3-6,8-9,14,18,20H,7,10-13,15-16H2,1-2H3,(H,25,26,27). The minimum Gasteiger partial charge on any atom is -0.297 e. The zero-order valence-electron chi connectivity index (χ0n) is 17.8. The van der Waals surface area contributed by atoms with Crippen molar-refractivity contribution in [1.82, 2.24) is 20.1 Å². The van der Waals surface area contributed by atoms with E-state index in [0.29, 0.717) is 11.8 Å². The van der Waals surface area contributed by atoms with Crippen LogP contribution in [0.15, 0.2) is 42.5 Å². The summed E-state index contributed by atoms with van der Waals surface area (Å²) in [6.07, 6.45) is 10.2. The predicted molar refractivity (Wildman–Crippen MR) is 122 cm³/mol. The van der Waals surface area contributed by atoms with Crippen molar-refractivity contribution in [2.75, 3.05) is 18.8 Å². The smallest absolute Gasteiger partial charge is 0.180 e. The van der Waals surface area contributed by atoms with Crippen molar-refractivity contribution in [2.24, 2.45) is 0 Å². The van der Waals surface area contributed by atoms with Gasteiger partial charge in [-0.3, -0.25) is 14.2 Å². The Hall–Kier alpha value is -2.05. The summed E-state index contributed by atoms with van der Waals surface area (Å²) in [4.78, 5) is 7.12. The van der Waals surface area contributed by atoms with Crippen LogP contribution < -0.4 is 0 Å². The van der Waals surface area contributed by atoms with Crippen LogP contribution in [0.2, 0.25) is 0 Å². The Balaban J connectivity index is 1.24. The van der Waals surface area contributed by atoms with Gasteiger partial charge in [0.1, 0.15) is 5.82 Å². The molecule has 1 aromatic heterocycles. The van der Waals surface area contributed by atoms with E-state index >= 15 is 0 Å². The second kappa shape index (κ2) is 7.89. The monoisotopic (exact) mass is 422 g/mol. The van der Waals surface area contributed by atoms with E-state index in [9.17, 15) is 4.21 Å². The van der Waals surface area contributed by atoms with Crippen LogP contribution in [0.4, 0.5) is 0 Å². The van der Waals surface area contributed by atoms with Gasteiger partial charge in [0, 0.05) is 53.6 Å². The first-order valence-electron chi connectivity index (χ1n) is 11.0. The minimum absolute atomic E-state index is 0.122. The second-order valence-corrected chi connectivity index (χ2v) is 11.6.